The van der Waals surface area contributed by atoms with E-state index in [1.807, 2.05) is 0 Å². The molecule has 6 heteroatoms. The quantitative estimate of drug-likeness (QED) is 0.698. The Balaban J connectivity index is 2.20. The molecule has 0 amide bonds. The van der Waals surface area contributed by atoms with Crippen LogP contribution in [0.3, 0.4) is 0 Å². The van der Waals surface area contributed by atoms with Crippen molar-refractivity contribution in [3.8, 4) is 11.5 Å². The molecule has 2 aromatic carbocycles. The standard InChI is InChI=1S/C15H10F5O/c1-10-3-2-4-13(9-10)21-12-7-5-11(6-8-12)14(16,17)15(18,19)20/h2-9H,1H2. The first-order valence-corrected chi connectivity index (χ1v) is 5.85. The summed E-state index contributed by atoms with van der Waals surface area (Å²) < 4.78 is 68.2. The molecule has 0 aliphatic rings. The molecule has 0 aliphatic heterocycles. The molecule has 0 saturated heterocycles. The molecule has 2 rings (SSSR count). The molecule has 0 spiro atoms. The predicted molar refractivity (Wildman–Crippen MR) is 67.4 cm³/mol. The predicted octanol–water partition coefficient (Wildman–Crippen LogP) is 5.32. The molecule has 0 saturated carbocycles. The first kappa shape index (κ1) is 15.3. The fraction of sp³-hybridized carbons (Fsp3) is 0.133. The van der Waals surface area contributed by atoms with Gasteiger partial charge in [-0.3, -0.25) is 0 Å². The van der Waals surface area contributed by atoms with Crippen LogP contribution < -0.4 is 4.74 Å². The lowest BCUT2D eigenvalue weighted by atomic mass is 10.1. The molecule has 21 heavy (non-hydrogen) atoms. The molecule has 0 fully saturated rings. The molecule has 111 valence electrons. The first-order chi connectivity index (χ1) is 9.70. The van der Waals surface area contributed by atoms with E-state index < -0.39 is 17.7 Å². The van der Waals surface area contributed by atoms with Crippen molar-refractivity contribution in [2.45, 2.75) is 12.1 Å². The van der Waals surface area contributed by atoms with Gasteiger partial charge in [-0.2, -0.15) is 22.0 Å². The third kappa shape index (κ3) is 3.32. The largest absolute Gasteiger partial charge is 0.458 e. The molecule has 1 radical (unpaired) electrons. The number of ether oxygens (including phenoxy) is 1. The Morgan fingerprint density at radius 3 is 1.95 bits per heavy atom. The van der Waals surface area contributed by atoms with Crippen LogP contribution in [0.15, 0.2) is 48.5 Å². The maximum atomic E-state index is 13.1. The second kappa shape index (κ2) is 5.35. The number of hydrogen-bond donors (Lipinski definition) is 0. The summed E-state index contributed by atoms with van der Waals surface area (Å²) in [4.78, 5) is 0. The summed E-state index contributed by atoms with van der Waals surface area (Å²) in [7, 11) is 0. The van der Waals surface area contributed by atoms with Gasteiger partial charge in [0, 0.05) is 5.56 Å². The van der Waals surface area contributed by atoms with Crippen molar-refractivity contribution in [3.05, 3.63) is 66.6 Å². The van der Waals surface area contributed by atoms with Crippen LogP contribution in [0, 0.1) is 6.92 Å². The van der Waals surface area contributed by atoms with Crippen molar-refractivity contribution in [1.82, 2.24) is 0 Å². The smallest absolute Gasteiger partial charge is 0.457 e. The lowest BCUT2D eigenvalue weighted by molar-refractivity contribution is -0.289. The van der Waals surface area contributed by atoms with Gasteiger partial charge in [0.2, 0.25) is 0 Å². The van der Waals surface area contributed by atoms with E-state index in [9.17, 15) is 22.0 Å². The Hall–Kier alpha value is -2.11. The monoisotopic (exact) mass is 301 g/mol. The van der Waals surface area contributed by atoms with E-state index in [4.69, 9.17) is 4.74 Å². The second-order valence-electron chi connectivity index (χ2n) is 4.35. The van der Waals surface area contributed by atoms with Gasteiger partial charge < -0.3 is 4.74 Å². The lowest BCUT2D eigenvalue weighted by Gasteiger charge is -2.20. The zero-order valence-corrected chi connectivity index (χ0v) is 10.6. The van der Waals surface area contributed by atoms with Crippen LogP contribution in [0.4, 0.5) is 22.0 Å². The molecular weight excluding hydrogens is 291 g/mol. The topological polar surface area (TPSA) is 9.23 Å². The molecule has 2 aromatic rings. The van der Waals surface area contributed by atoms with Crippen molar-refractivity contribution in [2.24, 2.45) is 0 Å². The Morgan fingerprint density at radius 2 is 1.43 bits per heavy atom. The minimum Gasteiger partial charge on any atom is -0.457 e. The normalized spacial score (nSPS) is 12.3. The van der Waals surface area contributed by atoms with Gasteiger partial charge in [-0.15, -0.1) is 0 Å². The number of alkyl halides is 5. The van der Waals surface area contributed by atoms with Crippen molar-refractivity contribution in [3.63, 3.8) is 0 Å². The Labute approximate surface area is 118 Å². The summed E-state index contributed by atoms with van der Waals surface area (Å²) in [5, 5.41) is 0. The highest BCUT2D eigenvalue weighted by Crippen LogP contribution is 2.44. The van der Waals surface area contributed by atoms with Gasteiger partial charge in [-0.25, -0.2) is 0 Å². The lowest BCUT2D eigenvalue weighted by Crippen LogP contribution is -2.33. The average Bonchev–Trinajstić information content (AvgIpc) is 2.38. The summed E-state index contributed by atoms with van der Waals surface area (Å²) in [5.74, 6) is -4.32. The third-order valence-corrected chi connectivity index (χ3v) is 2.71. The summed E-state index contributed by atoms with van der Waals surface area (Å²) in [5.41, 5.74) is -0.444. The fourth-order valence-corrected chi connectivity index (χ4v) is 1.64. The van der Waals surface area contributed by atoms with Gasteiger partial charge in [0.15, 0.2) is 0 Å². The number of benzene rings is 2. The highest BCUT2D eigenvalue weighted by molar-refractivity contribution is 5.37. The van der Waals surface area contributed by atoms with Crippen LogP contribution in [0.1, 0.15) is 11.1 Å². The second-order valence-corrected chi connectivity index (χ2v) is 4.35. The highest BCUT2D eigenvalue weighted by Gasteiger charge is 2.58. The summed E-state index contributed by atoms with van der Waals surface area (Å²) in [6, 6.07) is 10.2. The Morgan fingerprint density at radius 1 is 0.810 bits per heavy atom. The van der Waals surface area contributed by atoms with Gasteiger partial charge in [-0.1, -0.05) is 12.1 Å². The van der Waals surface area contributed by atoms with E-state index in [0.717, 1.165) is 12.1 Å². The molecule has 0 aliphatic carbocycles. The molecule has 0 aromatic heterocycles. The first-order valence-electron chi connectivity index (χ1n) is 5.85. The van der Waals surface area contributed by atoms with Crippen LogP contribution in [0.5, 0.6) is 11.5 Å². The maximum Gasteiger partial charge on any atom is 0.458 e. The van der Waals surface area contributed by atoms with Gasteiger partial charge in [-0.05, 0) is 48.9 Å². The maximum absolute atomic E-state index is 13.1. The highest BCUT2D eigenvalue weighted by atomic mass is 19.4. The molecule has 1 nitrogen and oxygen atoms in total. The number of halogens is 5. The van der Waals surface area contributed by atoms with Crippen molar-refractivity contribution < 1.29 is 26.7 Å². The fourth-order valence-electron chi connectivity index (χ4n) is 1.64. The molecule has 0 unspecified atom stereocenters. The van der Waals surface area contributed by atoms with Crippen molar-refractivity contribution in [2.75, 3.05) is 0 Å². The van der Waals surface area contributed by atoms with Crippen LogP contribution >= 0.6 is 0 Å². The molecule has 0 bridgehead atoms. The number of hydrogen-bond acceptors (Lipinski definition) is 1. The molecule has 0 atom stereocenters. The van der Waals surface area contributed by atoms with Crippen molar-refractivity contribution in [1.29, 1.82) is 0 Å². The minimum absolute atomic E-state index is 0.155. The molecular formula is C15H10F5O. The Kier molecular flexibility index (Phi) is 3.89. The molecule has 0 N–H and O–H groups in total. The van der Waals surface area contributed by atoms with Gasteiger partial charge >= 0.3 is 12.1 Å². The van der Waals surface area contributed by atoms with Crippen LogP contribution in [0.25, 0.3) is 0 Å². The van der Waals surface area contributed by atoms with E-state index in [1.54, 1.807) is 24.3 Å². The van der Waals surface area contributed by atoms with E-state index in [0.29, 0.717) is 23.4 Å². The SMILES string of the molecule is [CH2]c1cccc(Oc2ccc(C(F)(F)C(F)(F)F)cc2)c1. The van der Waals surface area contributed by atoms with Crippen molar-refractivity contribution >= 4 is 0 Å². The average molecular weight is 301 g/mol. The Bertz CT molecular complexity index is 617. The van der Waals surface area contributed by atoms with E-state index in [1.165, 1.54) is 0 Å². The summed E-state index contributed by atoms with van der Waals surface area (Å²) in [6.07, 6.45) is -5.63. The molecule has 0 heterocycles. The number of rotatable bonds is 3. The minimum atomic E-state index is -5.63. The van der Waals surface area contributed by atoms with E-state index in [-0.39, 0.29) is 5.75 Å². The zero-order chi connectivity index (χ0) is 15.7. The van der Waals surface area contributed by atoms with Gasteiger partial charge in [0.1, 0.15) is 11.5 Å². The summed E-state index contributed by atoms with van der Waals surface area (Å²) in [6.45, 7) is 3.69. The van der Waals surface area contributed by atoms with Crippen LogP contribution in [-0.2, 0) is 5.92 Å². The van der Waals surface area contributed by atoms with Gasteiger partial charge in [0.05, 0.1) is 0 Å². The summed E-state index contributed by atoms with van der Waals surface area (Å²) >= 11 is 0. The van der Waals surface area contributed by atoms with E-state index in [2.05, 4.69) is 6.92 Å². The van der Waals surface area contributed by atoms with E-state index >= 15 is 0 Å². The van der Waals surface area contributed by atoms with Gasteiger partial charge in [0.25, 0.3) is 0 Å². The zero-order valence-electron chi connectivity index (χ0n) is 10.6. The van der Waals surface area contributed by atoms with Crippen LogP contribution in [-0.4, -0.2) is 6.18 Å². The third-order valence-electron chi connectivity index (χ3n) is 2.71. The van der Waals surface area contributed by atoms with Crippen LogP contribution in [0.2, 0.25) is 0 Å².